The summed E-state index contributed by atoms with van der Waals surface area (Å²) in [5.74, 6) is 0. The van der Waals surface area contributed by atoms with Crippen LogP contribution in [0.4, 0.5) is 0 Å². The van der Waals surface area contributed by atoms with Crippen LogP contribution in [0, 0.1) is 6.66 Å². The summed E-state index contributed by atoms with van der Waals surface area (Å²) in [6.07, 6.45) is 0. The third-order valence-corrected chi connectivity index (χ3v) is 10.5. The van der Waals surface area contributed by atoms with Crippen molar-refractivity contribution in [3.63, 3.8) is 0 Å². The van der Waals surface area contributed by atoms with Crippen molar-refractivity contribution >= 4 is 22.1 Å². The Bertz CT molecular complexity index is 608. The Hall–Kier alpha value is -0.178. The van der Waals surface area contributed by atoms with Crippen LogP contribution in [0.2, 0.25) is 0 Å². The van der Waals surface area contributed by atoms with Gasteiger partial charge in [0.2, 0.25) is 0 Å². The molecular formula is C21H29ClPPd+. The molecule has 0 heterocycles. The van der Waals surface area contributed by atoms with Gasteiger partial charge in [0.25, 0.3) is 0 Å². The summed E-state index contributed by atoms with van der Waals surface area (Å²) >= 11 is 2.22. The molecule has 2 aromatic rings. The van der Waals surface area contributed by atoms with E-state index in [0.717, 1.165) is 0 Å². The molecule has 0 radical (unpaired) electrons. The van der Waals surface area contributed by atoms with Gasteiger partial charge in [0, 0.05) is 0 Å². The van der Waals surface area contributed by atoms with Gasteiger partial charge in [-0.05, 0) is 64.8 Å². The van der Waals surface area contributed by atoms with E-state index in [-0.39, 0.29) is 10.3 Å². The van der Waals surface area contributed by atoms with Crippen molar-refractivity contribution in [3.05, 3.63) is 61.3 Å². The van der Waals surface area contributed by atoms with Crippen molar-refractivity contribution < 1.29 is 18.2 Å². The van der Waals surface area contributed by atoms with Gasteiger partial charge in [0.05, 0.1) is 15.6 Å². The molecule has 0 spiro atoms. The van der Waals surface area contributed by atoms with E-state index in [1.165, 1.54) is 16.4 Å². The van der Waals surface area contributed by atoms with Crippen LogP contribution in [0.25, 0.3) is 11.1 Å². The quantitative estimate of drug-likeness (QED) is 0.259. The average molecular weight is 454 g/mol. The predicted molar refractivity (Wildman–Crippen MR) is 109 cm³/mol. The molecule has 24 heavy (non-hydrogen) atoms. The topological polar surface area (TPSA) is 0 Å². The van der Waals surface area contributed by atoms with Crippen LogP contribution in [-0.4, -0.2) is 10.3 Å². The molecule has 0 aromatic heterocycles. The Kier molecular flexibility index (Phi) is 7.72. The van der Waals surface area contributed by atoms with Gasteiger partial charge in [-0.15, -0.1) is 0 Å². The summed E-state index contributed by atoms with van der Waals surface area (Å²) in [5.41, 5.74) is 2.55. The molecule has 0 nitrogen and oxygen atoms in total. The zero-order valence-electron chi connectivity index (χ0n) is 15.5. The van der Waals surface area contributed by atoms with Gasteiger partial charge in [-0.2, -0.15) is 6.66 Å². The van der Waals surface area contributed by atoms with Gasteiger partial charge in [0.15, 0.2) is 0 Å². The summed E-state index contributed by atoms with van der Waals surface area (Å²) < 4.78 is 0. The summed E-state index contributed by atoms with van der Waals surface area (Å²) in [6.45, 7) is 18.8. The SMILES string of the molecule is [CH2-][P+](c1ccc(-c2ccccc2)cc1)(C(C)(C)C)C(C)(C)C.[Cl][Pd+]. The molecule has 0 saturated carbocycles. The molecule has 0 bridgehead atoms. The molecule has 2 rings (SSSR count). The van der Waals surface area contributed by atoms with E-state index < -0.39 is 7.26 Å². The van der Waals surface area contributed by atoms with Crippen LogP contribution in [0.5, 0.6) is 0 Å². The maximum atomic E-state index is 4.80. The van der Waals surface area contributed by atoms with E-state index in [4.69, 9.17) is 6.66 Å². The number of hydrogen-bond donors (Lipinski definition) is 0. The molecule has 2 aromatic carbocycles. The molecule has 0 saturated heterocycles. The summed E-state index contributed by atoms with van der Waals surface area (Å²) in [4.78, 5) is 0. The maximum absolute atomic E-state index is 4.80. The van der Waals surface area contributed by atoms with Crippen LogP contribution in [0.1, 0.15) is 41.5 Å². The molecule has 134 valence electrons. The third kappa shape index (κ3) is 4.51. The normalized spacial score (nSPS) is 12.4. The van der Waals surface area contributed by atoms with Crippen molar-refractivity contribution in [2.75, 3.05) is 0 Å². The molecule has 0 aliphatic rings. The standard InChI is InChI=1S/C21H29P.ClH.Pd/c1-20(2,3)22(7,21(4,5)6)19-15-13-18(14-16-19)17-11-9-8-10-12-17;;/h8-16H,7H2,1-6H3;1H;/q;;+2/p-1. The fourth-order valence-corrected chi connectivity index (χ4v) is 7.54. The summed E-state index contributed by atoms with van der Waals surface area (Å²) in [7, 11) is 2.94. The molecule has 0 aliphatic carbocycles. The molecular weight excluding hydrogens is 425 g/mol. The van der Waals surface area contributed by atoms with Crippen molar-refractivity contribution in [2.45, 2.75) is 51.9 Å². The van der Waals surface area contributed by atoms with Gasteiger partial charge < -0.3 is 0 Å². The predicted octanol–water partition coefficient (Wildman–Crippen LogP) is 7.07. The first-order chi connectivity index (χ1) is 11.1. The monoisotopic (exact) mass is 453 g/mol. The first kappa shape index (κ1) is 21.9. The molecule has 0 unspecified atom stereocenters. The molecule has 0 fully saturated rings. The van der Waals surface area contributed by atoms with Crippen molar-refractivity contribution in [3.8, 4) is 11.1 Å². The third-order valence-electron chi connectivity index (χ3n) is 4.71. The molecule has 0 amide bonds. The van der Waals surface area contributed by atoms with Crippen LogP contribution < -0.4 is 5.30 Å². The Balaban J connectivity index is 0.00000139. The van der Waals surface area contributed by atoms with Crippen molar-refractivity contribution in [1.82, 2.24) is 0 Å². The second-order valence-corrected chi connectivity index (χ2v) is 12.9. The van der Waals surface area contributed by atoms with E-state index >= 15 is 0 Å². The van der Waals surface area contributed by atoms with Crippen LogP contribution in [0.15, 0.2) is 54.6 Å². The van der Waals surface area contributed by atoms with Crippen molar-refractivity contribution in [2.24, 2.45) is 0 Å². The number of hydrogen-bond acceptors (Lipinski definition) is 0. The van der Waals surface area contributed by atoms with E-state index in [0.29, 0.717) is 0 Å². The Labute approximate surface area is 164 Å². The fraction of sp³-hybridized carbons (Fsp3) is 0.381. The van der Waals surface area contributed by atoms with Gasteiger partial charge in [-0.3, -0.25) is 0 Å². The van der Waals surface area contributed by atoms with Gasteiger partial charge in [-0.1, -0.05) is 49.7 Å². The second kappa shape index (κ2) is 8.47. The first-order valence-electron chi connectivity index (χ1n) is 8.09. The number of benzene rings is 2. The zero-order chi connectivity index (χ0) is 18.6. The summed E-state index contributed by atoms with van der Waals surface area (Å²) in [6, 6.07) is 19.7. The zero-order valence-corrected chi connectivity index (χ0v) is 18.7. The van der Waals surface area contributed by atoms with Gasteiger partial charge in [-0.25, -0.2) is 0 Å². The van der Waals surface area contributed by atoms with Crippen LogP contribution in [-0.2, 0) is 18.2 Å². The number of rotatable bonds is 2. The van der Waals surface area contributed by atoms with Crippen LogP contribution in [0.3, 0.4) is 0 Å². The molecule has 0 aliphatic heterocycles. The minimum atomic E-state index is -1.55. The van der Waals surface area contributed by atoms with Crippen molar-refractivity contribution in [1.29, 1.82) is 0 Å². The molecule has 3 heteroatoms. The van der Waals surface area contributed by atoms with Gasteiger partial charge in [0.1, 0.15) is 0 Å². The fourth-order valence-electron chi connectivity index (χ4n) is 3.32. The van der Waals surface area contributed by atoms with E-state index in [1.807, 2.05) is 0 Å². The Morgan fingerprint density at radius 1 is 0.708 bits per heavy atom. The van der Waals surface area contributed by atoms with Crippen LogP contribution >= 0.6 is 16.8 Å². The Morgan fingerprint density at radius 2 is 1.08 bits per heavy atom. The molecule has 0 atom stereocenters. The summed E-state index contributed by atoms with van der Waals surface area (Å²) in [5, 5.41) is 1.81. The minimum absolute atomic E-state index is 0.194. The number of halogens is 1. The van der Waals surface area contributed by atoms with E-state index in [9.17, 15) is 0 Å². The Morgan fingerprint density at radius 3 is 1.46 bits per heavy atom. The average Bonchev–Trinajstić information content (AvgIpc) is 2.55. The molecule has 0 N–H and O–H groups in total. The van der Waals surface area contributed by atoms with Gasteiger partial charge >= 0.3 is 27.7 Å². The first-order valence-corrected chi connectivity index (χ1v) is 12.1. The van der Waals surface area contributed by atoms with E-state index in [1.54, 1.807) is 0 Å². The van der Waals surface area contributed by atoms with E-state index in [2.05, 4.69) is 124 Å². The second-order valence-electron chi connectivity index (χ2n) is 8.06.